The van der Waals surface area contributed by atoms with Crippen molar-refractivity contribution >= 4 is 27.6 Å². The summed E-state index contributed by atoms with van der Waals surface area (Å²) in [6.07, 6.45) is 2.78. The molecule has 1 aliphatic heterocycles. The highest BCUT2D eigenvalue weighted by molar-refractivity contribution is 7.89. The van der Waals surface area contributed by atoms with E-state index in [1.165, 1.54) is 22.6 Å². The Kier molecular flexibility index (Phi) is 4.55. The molecule has 8 heteroatoms. The topological polar surface area (TPSA) is 87.6 Å². The van der Waals surface area contributed by atoms with Gasteiger partial charge < -0.3 is 5.11 Å². The van der Waals surface area contributed by atoms with Crippen LogP contribution in [0.15, 0.2) is 23.2 Å². The Hall–Kier alpha value is -1.18. The second-order valence-electron chi connectivity index (χ2n) is 5.17. The lowest BCUT2D eigenvalue weighted by atomic mass is 9.78. The first kappa shape index (κ1) is 16.2. The number of carbonyl (C=O) groups is 1. The van der Waals surface area contributed by atoms with Crippen molar-refractivity contribution in [2.24, 2.45) is 5.41 Å². The Morgan fingerprint density at radius 2 is 2.29 bits per heavy atom. The fourth-order valence-corrected chi connectivity index (χ4v) is 4.60. The number of pyridine rings is 1. The van der Waals surface area contributed by atoms with Gasteiger partial charge in [0.1, 0.15) is 10.0 Å². The van der Waals surface area contributed by atoms with Crippen LogP contribution in [0.1, 0.15) is 26.2 Å². The molecule has 0 saturated carbocycles. The van der Waals surface area contributed by atoms with Crippen LogP contribution in [0.2, 0.25) is 5.15 Å². The van der Waals surface area contributed by atoms with Gasteiger partial charge in [0.2, 0.25) is 10.0 Å². The molecule has 116 valence electrons. The molecule has 2 rings (SSSR count). The van der Waals surface area contributed by atoms with Gasteiger partial charge in [0.05, 0.1) is 5.41 Å². The second-order valence-corrected chi connectivity index (χ2v) is 7.44. The third-order valence-electron chi connectivity index (χ3n) is 4.02. The molecule has 1 saturated heterocycles. The van der Waals surface area contributed by atoms with Gasteiger partial charge in [0.15, 0.2) is 0 Å². The zero-order valence-corrected chi connectivity index (χ0v) is 13.2. The number of piperidine rings is 1. The normalized spacial score (nSPS) is 23.9. The summed E-state index contributed by atoms with van der Waals surface area (Å²) in [5, 5.41) is 9.34. The number of hydrogen-bond acceptors (Lipinski definition) is 4. The molecule has 0 amide bonds. The molecule has 1 aromatic rings. The van der Waals surface area contributed by atoms with Gasteiger partial charge in [-0.15, -0.1) is 0 Å². The van der Waals surface area contributed by atoms with Crippen LogP contribution in [-0.2, 0) is 14.8 Å². The lowest BCUT2D eigenvalue weighted by Crippen LogP contribution is -2.49. The van der Waals surface area contributed by atoms with Gasteiger partial charge >= 0.3 is 5.97 Å². The maximum Gasteiger partial charge on any atom is 0.310 e. The average molecular weight is 333 g/mol. The minimum absolute atomic E-state index is 0.0353. The van der Waals surface area contributed by atoms with E-state index in [-0.39, 0.29) is 16.6 Å². The molecule has 21 heavy (non-hydrogen) atoms. The van der Waals surface area contributed by atoms with E-state index < -0.39 is 21.4 Å². The Bertz CT molecular complexity index is 649. The smallest absolute Gasteiger partial charge is 0.310 e. The standard InChI is InChI=1S/C13H17ClN2O4S/c1-2-13(12(17)18)6-4-8-16(9-13)21(19,20)10-5-3-7-15-11(10)14/h3,5,7H,2,4,6,8-9H2,1H3,(H,17,18). The summed E-state index contributed by atoms with van der Waals surface area (Å²) in [4.78, 5) is 15.2. The largest absolute Gasteiger partial charge is 0.481 e. The van der Waals surface area contributed by atoms with E-state index in [2.05, 4.69) is 4.98 Å². The zero-order chi connectivity index (χ0) is 15.7. The van der Waals surface area contributed by atoms with Crippen molar-refractivity contribution in [3.63, 3.8) is 0 Å². The Morgan fingerprint density at radius 3 is 2.86 bits per heavy atom. The molecule has 0 spiro atoms. The van der Waals surface area contributed by atoms with E-state index in [0.29, 0.717) is 25.8 Å². The van der Waals surface area contributed by atoms with E-state index >= 15 is 0 Å². The minimum Gasteiger partial charge on any atom is -0.481 e. The van der Waals surface area contributed by atoms with Crippen molar-refractivity contribution in [2.45, 2.75) is 31.1 Å². The highest BCUT2D eigenvalue weighted by Gasteiger charge is 2.44. The van der Waals surface area contributed by atoms with Crippen LogP contribution < -0.4 is 0 Å². The summed E-state index contributed by atoms with van der Waals surface area (Å²) in [6, 6.07) is 2.88. The van der Waals surface area contributed by atoms with Gasteiger partial charge in [-0.05, 0) is 31.4 Å². The number of sulfonamides is 1. The predicted molar refractivity (Wildman–Crippen MR) is 77.6 cm³/mol. The number of carboxylic acid groups (broad SMARTS) is 1. The summed E-state index contributed by atoms with van der Waals surface area (Å²) < 4.78 is 26.5. The number of nitrogens with zero attached hydrogens (tertiary/aromatic N) is 2. The first-order chi connectivity index (χ1) is 9.83. The van der Waals surface area contributed by atoms with Gasteiger partial charge in [-0.25, -0.2) is 13.4 Å². The average Bonchev–Trinajstić information content (AvgIpc) is 2.47. The molecule has 1 fully saturated rings. The van der Waals surface area contributed by atoms with Crippen LogP contribution in [0.5, 0.6) is 0 Å². The third-order valence-corrected chi connectivity index (χ3v) is 6.31. The van der Waals surface area contributed by atoms with Crippen LogP contribution in [0, 0.1) is 5.41 Å². The maximum absolute atomic E-state index is 12.6. The fourth-order valence-electron chi connectivity index (χ4n) is 2.61. The van der Waals surface area contributed by atoms with Crippen LogP contribution in [0.25, 0.3) is 0 Å². The molecule has 1 unspecified atom stereocenters. The lowest BCUT2D eigenvalue weighted by Gasteiger charge is -2.38. The molecular weight excluding hydrogens is 316 g/mol. The molecule has 2 heterocycles. The van der Waals surface area contributed by atoms with Gasteiger partial charge in [-0.1, -0.05) is 18.5 Å². The van der Waals surface area contributed by atoms with Crippen LogP contribution in [0.3, 0.4) is 0 Å². The number of halogens is 1. The SMILES string of the molecule is CCC1(C(=O)O)CCCN(S(=O)(=O)c2cccnc2Cl)C1. The van der Waals surface area contributed by atoms with E-state index in [4.69, 9.17) is 11.6 Å². The third kappa shape index (κ3) is 2.90. The Balaban J connectivity index is 2.38. The summed E-state index contributed by atoms with van der Waals surface area (Å²) in [7, 11) is -3.83. The van der Waals surface area contributed by atoms with Crippen molar-refractivity contribution in [3.8, 4) is 0 Å². The number of aromatic nitrogens is 1. The molecule has 0 aliphatic carbocycles. The van der Waals surface area contributed by atoms with Gasteiger partial charge in [0, 0.05) is 19.3 Å². The van der Waals surface area contributed by atoms with Gasteiger partial charge in [-0.3, -0.25) is 4.79 Å². The molecule has 1 aliphatic rings. The molecule has 1 aromatic heterocycles. The second kappa shape index (κ2) is 5.90. The highest BCUT2D eigenvalue weighted by atomic mass is 35.5. The molecule has 6 nitrogen and oxygen atoms in total. The summed E-state index contributed by atoms with van der Waals surface area (Å²) >= 11 is 5.86. The van der Waals surface area contributed by atoms with Crippen molar-refractivity contribution in [1.29, 1.82) is 0 Å². The van der Waals surface area contributed by atoms with E-state index in [1.54, 1.807) is 6.92 Å². The molecule has 0 radical (unpaired) electrons. The first-order valence-electron chi connectivity index (χ1n) is 6.67. The molecule has 1 atom stereocenters. The Labute approximate surface area is 128 Å². The summed E-state index contributed by atoms with van der Waals surface area (Å²) in [5.74, 6) is -0.956. The van der Waals surface area contributed by atoms with E-state index in [0.717, 1.165) is 0 Å². The quantitative estimate of drug-likeness (QED) is 0.852. The summed E-state index contributed by atoms with van der Waals surface area (Å²) in [5.41, 5.74) is -1.03. The van der Waals surface area contributed by atoms with Crippen LogP contribution >= 0.6 is 11.6 Å². The number of aliphatic carboxylic acids is 1. The van der Waals surface area contributed by atoms with Crippen molar-refractivity contribution in [2.75, 3.05) is 13.1 Å². The summed E-state index contributed by atoms with van der Waals surface area (Å²) in [6.45, 7) is 2.02. The van der Waals surface area contributed by atoms with Crippen molar-refractivity contribution in [1.82, 2.24) is 9.29 Å². The molecule has 0 bridgehead atoms. The highest BCUT2D eigenvalue weighted by Crippen LogP contribution is 2.36. The first-order valence-corrected chi connectivity index (χ1v) is 8.49. The lowest BCUT2D eigenvalue weighted by molar-refractivity contribution is -0.151. The van der Waals surface area contributed by atoms with E-state index in [1.807, 2.05) is 0 Å². The Morgan fingerprint density at radius 1 is 1.57 bits per heavy atom. The van der Waals surface area contributed by atoms with E-state index in [9.17, 15) is 18.3 Å². The molecular formula is C13H17ClN2O4S. The number of rotatable bonds is 4. The molecule has 0 aromatic carbocycles. The number of carboxylic acids is 1. The van der Waals surface area contributed by atoms with Gasteiger partial charge in [0.25, 0.3) is 0 Å². The van der Waals surface area contributed by atoms with Gasteiger partial charge in [-0.2, -0.15) is 4.31 Å². The minimum atomic E-state index is -3.83. The van der Waals surface area contributed by atoms with Crippen LogP contribution in [-0.4, -0.2) is 41.9 Å². The van der Waals surface area contributed by atoms with Crippen molar-refractivity contribution in [3.05, 3.63) is 23.5 Å². The zero-order valence-electron chi connectivity index (χ0n) is 11.6. The molecule has 1 N–H and O–H groups in total. The monoisotopic (exact) mass is 332 g/mol. The van der Waals surface area contributed by atoms with Crippen molar-refractivity contribution < 1.29 is 18.3 Å². The maximum atomic E-state index is 12.6. The fraction of sp³-hybridized carbons (Fsp3) is 0.538. The van der Waals surface area contributed by atoms with Crippen LogP contribution in [0.4, 0.5) is 0 Å². The predicted octanol–water partition coefficient (Wildman–Crippen LogP) is 2.00. The number of hydrogen-bond donors (Lipinski definition) is 1.